The van der Waals surface area contributed by atoms with Crippen LogP contribution in [0.25, 0.3) is 10.9 Å². The molecule has 0 radical (unpaired) electrons. The Labute approximate surface area is 91.5 Å². The van der Waals surface area contributed by atoms with Crippen LogP contribution in [-0.4, -0.2) is 27.9 Å². The lowest BCUT2D eigenvalue weighted by atomic mass is 10.3. The predicted molar refractivity (Wildman–Crippen MR) is 58.9 cm³/mol. The van der Waals surface area contributed by atoms with Crippen LogP contribution in [0.3, 0.4) is 0 Å². The van der Waals surface area contributed by atoms with Crippen LogP contribution in [0.2, 0.25) is 0 Å². The molecular weight excluding hydrogens is 210 g/mol. The number of carbonyl (C=O) groups is 1. The van der Waals surface area contributed by atoms with Gasteiger partial charge in [0.2, 0.25) is 5.88 Å². The average Bonchev–Trinajstić information content (AvgIpc) is 2.55. The summed E-state index contributed by atoms with van der Waals surface area (Å²) in [7, 11) is 3.33. The van der Waals surface area contributed by atoms with Gasteiger partial charge in [-0.1, -0.05) is 0 Å². The minimum absolute atomic E-state index is 0.404. The van der Waals surface area contributed by atoms with E-state index in [-0.39, 0.29) is 0 Å². The topological polar surface area (TPSA) is 76.4 Å². The summed E-state index contributed by atoms with van der Waals surface area (Å²) in [4.78, 5) is 14.7. The molecule has 2 heterocycles. The summed E-state index contributed by atoms with van der Waals surface area (Å²) in [6.07, 6.45) is 2.19. The molecule has 2 aromatic rings. The van der Waals surface area contributed by atoms with E-state index in [1.165, 1.54) is 7.11 Å². The van der Waals surface area contributed by atoms with Gasteiger partial charge in [0.15, 0.2) is 0 Å². The third-order valence-corrected chi connectivity index (χ3v) is 2.30. The molecule has 0 saturated carbocycles. The number of nitrogens with zero attached hydrogens (tertiary/aromatic N) is 2. The minimum Gasteiger partial charge on any atom is -0.480 e. The van der Waals surface area contributed by atoms with E-state index in [1.54, 1.807) is 18.5 Å². The van der Waals surface area contributed by atoms with Crippen LogP contribution < -0.4 is 10.1 Å². The molecule has 0 aliphatic carbocycles. The van der Waals surface area contributed by atoms with Crippen molar-refractivity contribution in [2.75, 3.05) is 12.4 Å². The highest BCUT2D eigenvalue weighted by atomic mass is 16.5. The molecule has 0 aliphatic rings. The Morgan fingerprint density at radius 1 is 1.62 bits per heavy atom. The number of methoxy groups -OCH3 is 1. The summed E-state index contributed by atoms with van der Waals surface area (Å²) in [5.74, 6) is 0.404. The molecule has 2 rings (SSSR count). The van der Waals surface area contributed by atoms with Gasteiger partial charge < -0.3 is 14.4 Å². The standard InChI is InChI=1S/C10H11N3O3/c1-13-5-6(12-10(14)15)8-7(13)3-4-11-9(8)16-2/h3-5,12H,1-2H3,(H,14,15). The molecule has 0 unspecified atom stereocenters. The number of pyridine rings is 1. The van der Waals surface area contributed by atoms with E-state index in [4.69, 9.17) is 9.84 Å². The highest BCUT2D eigenvalue weighted by Gasteiger charge is 2.13. The molecule has 6 nitrogen and oxygen atoms in total. The van der Waals surface area contributed by atoms with E-state index >= 15 is 0 Å². The second-order valence-corrected chi connectivity index (χ2v) is 3.30. The fourth-order valence-corrected chi connectivity index (χ4v) is 1.67. The van der Waals surface area contributed by atoms with Crippen molar-refractivity contribution in [1.29, 1.82) is 0 Å². The molecule has 2 N–H and O–H groups in total. The van der Waals surface area contributed by atoms with Gasteiger partial charge in [0.25, 0.3) is 0 Å². The Morgan fingerprint density at radius 3 is 3.00 bits per heavy atom. The minimum atomic E-state index is -1.11. The first-order valence-corrected chi connectivity index (χ1v) is 4.61. The molecule has 0 bridgehead atoms. The van der Waals surface area contributed by atoms with Crippen LogP contribution in [0.4, 0.5) is 10.5 Å². The molecule has 0 saturated heterocycles. The monoisotopic (exact) mass is 221 g/mol. The zero-order chi connectivity index (χ0) is 11.7. The maximum absolute atomic E-state index is 10.6. The smallest absolute Gasteiger partial charge is 0.409 e. The first-order chi connectivity index (χ1) is 7.63. The summed E-state index contributed by atoms with van der Waals surface area (Å²) in [5.41, 5.74) is 1.32. The molecule has 0 atom stereocenters. The van der Waals surface area contributed by atoms with Gasteiger partial charge in [-0.3, -0.25) is 5.32 Å². The van der Waals surface area contributed by atoms with Gasteiger partial charge in [-0.05, 0) is 6.07 Å². The fraction of sp³-hybridized carbons (Fsp3) is 0.200. The molecule has 16 heavy (non-hydrogen) atoms. The Kier molecular flexibility index (Phi) is 2.40. The Hall–Kier alpha value is -2.24. The molecule has 0 fully saturated rings. The number of nitrogens with one attached hydrogen (secondary N) is 1. The highest BCUT2D eigenvalue weighted by molar-refractivity contribution is 6.02. The normalized spacial score (nSPS) is 10.4. The van der Waals surface area contributed by atoms with Crippen molar-refractivity contribution in [3.63, 3.8) is 0 Å². The van der Waals surface area contributed by atoms with Crippen LogP contribution in [0.5, 0.6) is 5.88 Å². The van der Waals surface area contributed by atoms with Gasteiger partial charge in [0, 0.05) is 19.4 Å². The van der Waals surface area contributed by atoms with Crippen LogP contribution in [-0.2, 0) is 7.05 Å². The number of aryl methyl sites for hydroxylation is 1. The first kappa shape index (κ1) is 10.3. The summed E-state index contributed by atoms with van der Waals surface area (Å²) in [6.45, 7) is 0. The van der Waals surface area contributed by atoms with E-state index in [2.05, 4.69) is 10.3 Å². The second-order valence-electron chi connectivity index (χ2n) is 3.30. The third-order valence-electron chi connectivity index (χ3n) is 2.30. The average molecular weight is 221 g/mol. The SMILES string of the molecule is COc1nccc2c1c(NC(=O)O)cn2C. The number of hydrogen-bond acceptors (Lipinski definition) is 3. The first-order valence-electron chi connectivity index (χ1n) is 4.61. The number of hydrogen-bond donors (Lipinski definition) is 2. The zero-order valence-corrected chi connectivity index (χ0v) is 8.89. The number of aromatic nitrogens is 2. The molecule has 0 aromatic carbocycles. The maximum Gasteiger partial charge on any atom is 0.409 e. The molecular formula is C10H11N3O3. The number of rotatable bonds is 2. The van der Waals surface area contributed by atoms with Crippen molar-refractivity contribution in [3.8, 4) is 5.88 Å². The molecule has 0 aliphatic heterocycles. The number of ether oxygens (including phenoxy) is 1. The van der Waals surface area contributed by atoms with Crippen molar-refractivity contribution in [2.24, 2.45) is 7.05 Å². The third kappa shape index (κ3) is 1.54. The lowest BCUT2D eigenvalue weighted by molar-refractivity contribution is 0.210. The lowest BCUT2D eigenvalue weighted by Gasteiger charge is -2.03. The van der Waals surface area contributed by atoms with Gasteiger partial charge >= 0.3 is 6.09 Å². The maximum atomic E-state index is 10.6. The van der Waals surface area contributed by atoms with Gasteiger partial charge in [-0.25, -0.2) is 9.78 Å². The Balaban J connectivity index is 2.69. The molecule has 1 amide bonds. The predicted octanol–water partition coefficient (Wildman–Crippen LogP) is 1.67. The number of anilines is 1. The number of carboxylic acid groups (broad SMARTS) is 1. The largest absolute Gasteiger partial charge is 0.480 e. The second kappa shape index (κ2) is 3.73. The van der Waals surface area contributed by atoms with Crippen molar-refractivity contribution < 1.29 is 14.6 Å². The van der Waals surface area contributed by atoms with Crippen molar-refractivity contribution in [2.45, 2.75) is 0 Å². The molecule has 0 spiro atoms. The number of fused-ring (bicyclic) bond motifs is 1. The molecule has 2 aromatic heterocycles. The van der Waals surface area contributed by atoms with E-state index < -0.39 is 6.09 Å². The molecule has 6 heteroatoms. The van der Waals surface area contributed by atoms with E-state index in [1.807, 2.05) is 11.6 Å². The van der Waals surface area contributed by atoms with Crippen LogP contribution in [0, 0.1) is 0 Å². The number of amides is 1. The quantitative estimate of drug-likeness (QED) is 0.808. The van der Waals surface area contributed by atoms with E-state index in [0.717, 1.165) is 5.52 Å². The summed E-state index contributed by atoms with van der Waals surface area (Å²) in [6, 6.07) is 1.80. The Morgan fingerprint density at radius 2 is 2.38 bits per heavy atom. The van der Waals surface area contributed by atoms with Gasteiger partial charge in [-0.15, -0.1) is 0 Å². The highest BCUT2D eigenvalue weighted by Crippen LogP contribution is 2.31. The van der Waals surface area contributed by atoms with Gasteiger partial charge in [0.05, 0.1) is 23.7 Å². The van der Waals surface area contributed by atoms with Crippen molar-refractivity contribution in [1.82, 2.24) is 9.55 Å². The van der Waals surface area contributed by atoms with Gasteiger partial charge in [-0.2, -0.15) is 0 Å². The van der Waals surface area contributed by atoms with Crippen molar-refractivity contribution >= 4 is 22.7 Å². The summed E-state index contributed by atoms with van der Waals surface area (Å²) < 4.78 is 6.92. The van der Waals surface area contributed by atoms with Gasteiger partial charge in [0.1, 0.15) is 0 Å². The Bertz CT molecular complexity index is 547. The van der Waals surface area contributed by atoms with E-state index in [0.29, 0.717) is 17.0 Å². The zero-order valence-electron chi connectivity index (χ0n) is 8.89. The van der Waals surface area contributed by atoms with Crippen molar-refractivity contribution in [3.05, 3.63) is 18.5 Å². The van der Waals surface area contributed by atoms with Crippen LogP contribution in [0.1, 0.15) is 0 Å². The fourth-order valence-electron chi connectivity index (χ4n) is 1.67. The summed E-state index contributed by atoms with van der Waals surface area (Å²) in [5, 5.41) is 11.7. The van der Waals surface area contributed by atoms with Crippen LogP contribution in [0.15, 0.2) is 18.5 Å². The summed E-state index contributed by atoms with van der Waals surface area (Å²) >= 11 is 0. The van der Waals surface area contributed by atoms with Crippen LogP contribution >= 0.6 is 0 Å². The lowest BCUT2D eigenvalue weighted by Crippen LogP contribution is -2.06. The molecule has 84 valence electrons. The van der Waals surface area contributed by atoms with E-state index in [9.17, 15) is 4.79 Å².